The maximum absolute atomic E-state index is 13.9. The number of nitrogens with zero attached hydrogens (tertiary/aromatic N) is 2. The molecule has 5 nitrogen and oxygen atoms in total. The molecule has 1 atom stereocenters. The minimum Gasteiger partial charge on any atom is -0.348 e. The molecule has 6 rings (SSSR count). The van der Waals surface area contributed by atoms with Crippen molar-refractivity contribution >= 4 is 0 Å². The molecule has 0 radical (unpaired) electrons. The fraction of sp³-hybridized carbons (Fsp3) is 0.750. The second-order valence-corrected chi connectivity index (χ2v) is 10.2. The minimum atomic E-state index is -4.46. The van der Waals surface area contributed by atoms with Crippen LogP contribution in [0.5, 0.6) is 0 Å². The Kier molecular flexibility index (Phi) is 5.42. The molecule has 3 aliphatic carbocycles. The first kappa shape index (κ1) is 22.3. The number of azo groups is 1. The first-order chi connectivity index (χ1) is 15.2. The van der Waals surface area contributed by atoms with Gasteiger partial charge in [0.1, 0.15) is 0 Å². The number of rotatable bonds is 6. The molecule has 2 bridgehead atoms. The highest BCUT2D eigenvalue weighted by molar-refractivity contribution is 5.37. The third-order valence-corrected chi connectivity index (χ3v) is 8.50. The number of hydrogen-bond donors (Lipinski definition) is 0. The quantitative estimate of drug-likeness (QED) is 0.490. The van der Waals surface area contributed by atoms with Crippen molar-refractivity contribution in [2.24, 2.45) is 21.1 Å². The SMILES string of the molecule is CC1(CCCC23CCC(C4(c5ccccc5C(F)(F)F)N=NCO4)(CC2)CC3)OCCO1. The van der Waals surface area contributed by atoms with E-state index in [0.29, 0.717) is 13.2 Å². The van der Waals surface area contributed by atoms with E-state index in [4.69, 9.17) is 14.2 Å². The van der Waals surface area contributed by atoms with E-state index >= 15 is 0 Å². The number of ether oxygens (including phenoxy) is 3. The molecule has 1 unspecified atom stereocenters. The Hall–Kier alpha value is -1.51. The molecule has 1 saturated heterocycles. The van der Waals surface area contributed by atoms with Gasteiger partial charge in [0.05, 0.1) is 18.8 Å². The van der Waals surface area contributed by atoms with Crippen molar-refractivity contribution in [2.75, 3.05) is 19.9 Å². The summed E-state index contributed by atoms with van der Waals surface area (Å²) < 4.78 is 59.2. The number of alkyl halides is 3. The lowest BCUT2D eigenvalue weighted by Crippen LogP contribution is -2.53. The molecule has 32 heavy (non-hydrogen) atoms. The Labute approximate surface area is 186 Å². The minimum absolute atomic E-state index is 0.0116. The van der Waals surface area contributed by atoms with Crippen LogP contribution in [0.15, 0.2) is 34.5 Å². The van der Waals surface area contributed by atoms with Crippen molar-refractivity contribution in [3.05, 3.63) is 35.4 Å². The highest BCUT2D eigenvalue weighted by atomic mass is 19.4. The Morgan fingerprint density at radius 3 is 2.16 bits per heavy atom. The zero-order valence-corrected chi connectivity index (χ0v) is 18.5. The van der Waals surface area contributed by atoms with Gasteiger partial charge in [0.15, 0.2) is 12.5 Å². The van der Waals surface area contributed by atoms with Crippen molar-refractivity contribution in [1.29, 1.82) is 0 Å². The lowest BCUT2D eigenvalue weighted by molar-refractivity contribution is -0.183. The third kappa shape index (κ3) is 3.59. The molecule has 0 aromatic heterocycles. The molecule has 0 N–H and O–H groups in total. The van der Waals surface area contributed by atoms with Crippen molar-refractivity contribution in [3.63, 3.8) is 0 Å². The summed E-state index contributed by atoms with van der Waals surface area (Å²) in [6.07, 6.45) is 3.92. The summed E-state index contributed by atoms with van der Waals surface area (Å²) in [5.41, 5.74) is -2.09. The van der Waals surface area contributed by atoms with Gasteiger partial charge in [-0.05, 0) is 69.8 Å². The van der Waals surface area contributed by atoms with Gasteiger partial charge in [0, 0.05) is 17.4 Å². The molecule has 2 aliphatic heterocycles. The Morgan fingerprint density at radius 1 is 0.906 bits per heavy atom. The zero-order chi connectivity index (χ0) is 22.5. The summed E-state index contributed by atoms with van der Waals surface area (Å²) in [5, 5.41) is 8.47. The van der Waals surface area contributed by atoms with Crippen LogP contribution in [0.25, 0.3) is 0 Å². The largest absolute Gasteiger partial charge is 0.416 e. The summed E-state index contributed by atoms with van der Waals surface area (Å²) in [4.78, 5) is 0. The predicted octanol–water partition coefficient (Wildman–Crippen LogP) is 6.57. The Bertz CT molecular complexity index is 857. The van der Waals surface area contributed by atoms with Gasteiger partial charge in [0.2, 0.25) is 5.72 Å². The second kappa shape index (κ2) is 7.77. The summed E-state index contributed by atoms with van der Waals surface area (Å²) in [7, 11) is 0. The van der Waals surface area contributed by atoms with E-state index in [1.807, 2.05) is 6.92 Å². The molecule has 5 aliphatic rings. The van der Waals surface area contributed by atoms with Crippen LogP contribution in [-0.4, -0.2) is 25.7 Å². The van der Waals surface area contributed by atoms with Crippen LogP contribution in [0.3, 0.4) is 0 Å². The van der Waals surface area contributed by atoms with Gasteiger partial charge in [-0.25, -0.2) is 0 Å². The van der Waals surface area contributed by atoms with E-state index in [9.17, 15) is 13.2 Å². The maximum atomic E-state index is 13.9. The normalized spacial score (nSPS) is 36.1. The van der Waals surface area contributed by atoms with Crippen molar-refractivity contribution in [2.45, 2.75) is 82.4 Å². The van der Waals surface area contributed by atoms with Gasteiger partial charge in [-0.1, -0.05) is 18.2 Å². The molecule has 1 aromatic rings. The molecule has 176 valence electrons. The average molecular weight is 453 g/mol. The van der Waals surface area contributed by atoms with Gasteiger partial charge in [-0.3, -0.25) is 0 Å². The molecule has 3 saturated carbocycles. The molecular formula is C24H31F3N2O3. The lowest BCUT2D eigenvalue weighted by atomic mass is 9.49. The summed E-state index contributed by atoms with van der Waals surface area (Å²) in [6, 6.07) is 5.73. The van der Waals surface area contributed by atoms with Crippen molar-refractivity contribution in [3.8, 4) is 0 Å². The molecule has 0 spiro atoms. The van der Waals surface area contributed by atoms with E-state index < -0.39 is 28.7 Å². The van der Waals surface area contributed by atoms with Crippen LogP contribution in [0.4, 0.5) is 13.2 Å². The fourth-order valence-corrected chi connectivity index (χ4v) is 6.61. The molecule has 0 amide bonds. The summed E-state index contributed by atoms with van der Waals surface area (Å²) in [5.74, 6) is -0.465. The zero-order valence-electron chi connectivity index (χ0n) is 18.5. The number of halogens is 3. The summed E-state index contributed by atoms with van der Waals surface area (Å²) in [6.45, 7) is 3.33. The van der Waals surface area contributed by atoms with E-state index in [2.05, 4.69) is 10.2 Å². The smallest absolute Gasteiger partial charge is 0.348 e. The van der Waals surface area contributed by atoms with Crippen LogP contribution in [0, 0.1) is 10.8 Å². The van der Waals surface area contributed by atoms with Crippen LogP contribution in [-0.2, 0) is 26.1 Å². The van der Waals surface area contributed by atoms with E-state index in [1.165, 1.54) is 12.1 Å². The van der Waals surface area contributed by atoms with E-state index in [0.717, 1.165) is 63.9 Å². The van der Waals surface area contributed by atoms with Crippen LogP contribution in [0.1, 0.15) is 75.8 Å². The molecule has 2 heterocycles. The van der Waals surface area contributed by atoms with Gasteiger partial charge in [0.25, 0.3) is 0 Å². The Morgan fingerprint density at radius 2 is 1.56 bits per heavy atom. The first-order valence-corrected chi connectivity index (χ1v) is 11.7. The maximum Gasteiger partial charge on any atom is 0.416 e. The topological polar surface area (TPSA) is 52.4 Å². The third-order valence-electron chi connectivity index (χ3n) is 8.50. The molecule has 1 aromatic carbocycles. The lowest BCUT2D eigenvalue weighted by Gasteiger charge is -2.58. The van der Waals surface area contributed by atoms with Gasteiger partial charge in [-0.2, -0.15) is 23.4 Å². The van der Waals surface area contributed by atoms with Crippen molar-refractivity contribution < 1.29 is 27.4 Å². The van der Waals surface area contributed by atoms with Crippen LogP contribution in [0.2, 0.25) is 0 Å². The highest BCUT2D eigenvalue weighted by Gasteiger charge is 2.63. The van der Waals surface area contributed by atoms with Gasteiger partial charge >= 0.3 is 6.18 Å². The standard InChI is InChI=1S/C24H31F3N2O3/c1-20(30-15-16-31-20)7-4-8-21-9-12-22(13-10-21,14-11-21)23(29-28-17-32-23)18-5-2-3-6-19(18)24(25,26)27/h2-3,5-6H,4,7-17H2,1H3. The fourth-order valence-electron chi connectivity index (χ4n) is 6.61. The van der Waals surface area contributed by atoms with Gasteiger partial charge < -0.3 is 14.2 Å². The Balaban J connectivity index is 1.36. The number of fused-ring (bicyclic) bond motifs is 3. The van der Waals surface area contributed by atoms with Gasteiger partial charge in [-0.15, -0.1) is 0 Å². The van der Waals surface area contributed by atoms with Crippen LogP contribution >= 0.6 is 0 Å². The second-order valence-electron chi connectivity index (χ2n) is 10.2. The highest BCUT2D eigenvalue weighted by Crippen LogP contribution is 2.67. The van der Waals surface area contributed by atoms with Crippen molar-refractivity contribution in [1.82, 2.24) is 0 Å². The molecule has 4 fully saturated rings. The van der Waals surface area contributed by atoms with Crippen LogP contribution < -0.4 is 0 Å². The number of hydrogen-bond acceptors (Lipinski definition) is 5. The summed E-state index contributed by atoms with van der Waals surface area (Å²) >= 11 is 0. The van der Waals surface area contributed by atoms with E-state index in [-0.39, 0.29) is 17.7 Å². The monoisotopic (exact) mass is 452 g/mol. The first-order valence-electron chi connectivity index (χ1n) is 11.7. The predicted molar refractivity (Wildman–Crippen MR) is 111 cm³/mol. The molecular weight excluding hydrogens is 421 g/mol. The molecule has 8 heteroatoms. The average Bonchev–Trinajstić information content (AvgIpc) is 3.45. The number of benzene rings is 1. The van der Waals surface area contributed by atoms with E-state index in [1.54, 1.807) is 6.07 Å².